The summed E-state index contributed by atoms with van der Waals surface area (Å²) in [4.78, 5) is 8.38. The summed E-state index contributed by atoms with van der Waals surface area (Å²) < 4.78 is 0.768. The highest BCUT2D eigenvalue weighted by Crippen LogP contribution is 2.13. The van der Waals surface area contributed by atoms with E-state index in [1.807, 2.05) is 13.0 Å². The van der Waals surface area contributed by atoms with Crippen LogP contribution in [-0.4, -0.2) is 16.0 Å². The lowest BCUT2D eigenvalue weighted by Gasteiger charge is -2.12. The predicted octanol–water partition coefficient (Wildman–Crippen LogP) is 2.76. The molecular weight excluding hydrogens is 254 g/mol. The number of hydrogen-bond acceptors (Lipinski definition) is 3. The highest BCUT2D eigenvalue weighted by Gasteiger charge is 2.05. The molecule has 0 spiro atoms. The molecule has 0 bridgehead atoms. The van der Waals surface area contributed by atoms with Gasteiger partial charge in [0.2, 0.25) is 0 Å². The molecule has 1 heterocycles. The third-order valence-corrected chi connectivity index (χ3v) is 2.31. The minimum absolute atomic E-state index is 0.0381. The number of rotatable bonds is 4. The van der Waals surface area contributed by atoms with Gasteiger partial charge in [-0.2, -0.15) is 0 Å². The molecule has 0 aliphatic carbocycles. The summed E-state index contributed by atoms with van der Waals surface area (Å²) in [5.41, 5.74) is 0. The minimum atomic E-state index is 0.0381. The van der Waals surface area contributed by atoms with Crippen LogP contribution in [-0.2, 0) is 0 Å². The van der Waals surface area contributed by atoms with Gasteiger partial charge in [0.05, 0.1) is 6.04 Å². The van der Waals surface area contributed by atoms with Crippen molar-refractivity contribution in [1.29, 1.82) is 0 Å². The lowest BCUT2D eigenvalue weighted by Crippen LogP contribution is -2.18. The molecule has 0 fully saturated rings. The molecule has 0 saturated carbocycles. The summed E-state index contributed by atoms with van der Waals surface area (Å²) in [5, 5.41) is 3.19. The van der Waals surface area contributed by atoms with E-state index in [2.05, 4.69) is 44.1 Å². The number of aryl methyl sites for hydroxylation is 1. The Bertz CT molecular complexity index is 350. The smallest absolute Gasteiger partial charge is 0.131 e. The van der Waals surface area contributed by atoms with Crippen molar-refractivity contribution in [1.82, 2.24) is 9.97 Å². The summed E-state index contributed by atoms with van der Waals surface area (Å²) in [6, 6.07) is 1.86. The van der Waals surface area contributed by atoms with Gasteiger partial charge in [0, 0.05) is 6.07 Å². The van der Waals surface area contributed by atoms with E-state index in [1.54, 1.807) is 0 Å². The van der Waals surface area contributed by atoms with E-state index in [0.717, 1.165) is 29.1 Å². The third kappa shape index (κ3) is 3.88. The summed E-state index contributed by atoms with van der Waals surface area (Å²) in [7, 11) is 0. The number of nitrogens with zero attached hydrogens (tertiary/aromatic N) is 2. The maximum atomic E-state index is 5.42. The Kier molecular flexibility index (Phi) is 4.57. The molecule has 1 atom stereocenters. The molecule has 1 unspecified atom stereocenters. The Morgan fingerprint density at radius 1 is 1.60 bits per heavy atom. The van der Waals surface area contributed by atoms with Crippen molar-refractivity contribution in [2.45, 2.75) is 32.7 Å². The minimum Gasteiger partial charge on any atom is -0.356 e. The second kappa shape index (κ2) is 5.72. The Balaban J connectivity index is 2.75. The highest BCUT2D eigenvalue weighted by atomic mass is 79.9. The van der Waals surface area contributed by atoms with Crippen LogP contribution in [0, 0.1) is 19.3 Å². The average Bonchev–Trinajstić information content (AvgIpc) is 2.15. The van der Waals surface area contributed by atoms with Gasteiger partial charge in [-0.3, -0.25) is 0 Å². The number of nitrogens with one attached hydrogen (secondary N) is 1. The lowest BCUT2D eigenvalue weighted by atomic mass is 10.2. The number of anilines is 1. The number of terminal acetylenes is 1. The van der Waals surface area contributed by atoms with E-state index in [-0.39, 0.29) is 6.04 Å². The average molecular weight is 268 g/mol. The first-order valence-electron chi connectivity index (χ1n) is 4.89. The van der Waals surface area contributed by atoms with Crippen molar-refractivity contribution in [3.63, 3.8) is 0 Å². The Labute approximate surface area is 98.8 Å². The Morgan fingerprint density at radius 3 is 2.87 bits per heavy atom. The predicted molar refractivity (Wildman–Crippen MR) is 65.6 cm³/mol. The fourth-order valence-corrected chi connectivity index (χ4v) is 1.74. The standard InChI is InChI=1S/C11H14BrN3/c1-4-6-9(5-2)15-11-7-10(12)13-8(3)14-11/h2,7,9H,4,6H2,1,3H3,(H,13,14,15). The molecule has 15 heavy (non-hydrogen) atoms. The van der Waals surface area contributed by atoms with Crippen LogP contribution in [0.2, 0.25) is 0 Å². The van der Waals surface area contributed by atoms with E-state index in [0.29, 0.717) is 0 Å². The summed E-state index contributed by atoms with van der Waals surface area (Å²) in [6.45, 7) is 3.95. The number of hydrogen-bond donors (Lipinski definition) is 1. The zero-order valence-electron chi connectivity index (χ0n) is 8.92. The first kappa shape index (κ1) is 12.0. The van der Waals surface area contributed by atoms with Crippen LogP contribution in [0.5, 0.6) is 0 Å². The SMILES string of the molecule is C#CC(CCC)Nc1cc(Br)nc(C)n1. The van der Waals surface area contributed by atoms with Gasteiger partial charge in [-0.05, 0) is 29.3 Å². The van der Waals surface area contributed by atoms with E-state index >= 15 is 0 Å². The third-order valence-electron chi connectivity index (χ3n) is 1.91. The second-order valence-corrected chi connectivity index (χ2v) is 4.09. The van der Waals surface area contributed by atoms with Gasteiger partial charge in [-0.25, -0.2) is 9.97 Å². The largest absolute Gasteiger partial charge is 0.356 e. The highest BCUT2D eigenvalue weighted by molar-refractivity contribution is 9.10. The van der Waals surface area contributed by atoms with Gasteiger partial charge in [0.15, 0.2) is 0 Å². The molecule has 1 N–H and O–H groups in total. The Morgan fingerprint density at radius 2 is 2.33 bits per heavy atom. The van der Waals surface area contributed by atoms with Crippen molar-refractivity contribution in [3.05, 3.63) is 16.5 Å². The monoisotopic (exact) mass is 267 g/mol. The fourth-order valence-electron chi connectivity index (χ4n) is 1.27. The first-order valence-corrected chi connectivity index (χ1v) is 5.69. The van der Waals surface area contributed by atoms with Crippen LogP contribution < -0.4 is 5.32 Å². The fraction of sp³-hybridized carbons (Fsp3) is 0.455. The van der Waals surface area contributed by atoms with Gasteiger partial charge in [0.1, 0.15) is 16.2 Å². The quantitative estimate of drug-likeness (QED) is 0.674. The molecule has 0 saturated heterocycles. The first-order chi connectivity index (χ1) is 7.15. The van der Waals surface area contributed by atoms with Crippen molar-refractivity contribution < 1.29 is 0 Å². The van der Waals surface area contributed by atoms with E-state index in [4.69, 9.17) is 6.42 Å². The van der Waals surface area contributed by atoms with Crippen LogP contribution in [0.1, 0.15) is 25.6 Å². The molecule has 1 aromatic rings. The van der Waals surface area contributed by atoms with Gasteiger partial charge < -0.3 is 5.32 Å². The molecule has 1 aromatic heterocycles. The Hall–Kier alpha value is -1.08. The van der Waals surface area contributed by atoms with Crippen LogP contribution >= 0.6 is 15.9 Å². The molecule has 0 aromatic carbocycles. The van der Waals surface area contributed by atoms with Crippen LogP contribution in [0.3, 0.4) is 0 Å². The van der Waals surface area contributed by atoms with Crippen molar-refractivity contribution in [2.24, 2.45) is 0 Å². The molecule has 4 heteroatoms. The lowest BCUT2D eigenvalue weighted by molar-refractivity contribution is 0.751. The molecule has 0 aliphatic rings. The van der Waals surface area contributed by atoms with Gasteiger partial charge in [-0.1, -0.05) is 19.3 Å². The molecule has 1 rings (SSSR count). The van der Waals surface area contributed by atoms with Crippen LogP contribution in [0.25, 0.3) is 0 Å². The molecule has 0 amide bonds. The molecule has 80 valence electrons. The van der Waals surface area contributed by atoms with Crippen molar-refractivity contribution in [3.8, 4) is 12.3 Å². The van der Waals surface area contributed by atoms with E-state index in [1.165, 1.54) is 0 Å². The maximum Gasteiger partial charge on any atom is 0.131 e. The molecule has 0 radical (unpaired) electrons. The molecule has 0 aliphatic heterocycles. The summed E-state index contributed by atoms with van der Waals surface area (Å²) in [6.07, 6.45) is 7.41. The van der Waals surface area contributed by atoms with Crippen LogP contribution in [0.15, 0.2) is 10.7 Å². The van der Waals surface area contributed by atoms with Crippen molar-refractivity contribution >= 4 is 21.7 Å². The summed E-state index contributed by atoms with van der Waals surface area (Å²) >= 11 is 3.32. The molecule has 3 nitrogen and oxygen atoms in total. The van der Waals surface area contributed by atoms with Gasteiger partial charge in [0.25, 0.3) is 0 Å². The van der Waals surface area contributed by atoms with Crippen molar-refractivity contribution in [2.75, 3.05) is 5.32 Å². The zero-order chi connectivity index (χ0) is 11.3. The molecular formula is C11H14BrN3. The van der Waals surface area contributed by atoms with Gasteiger partial charge in [-0.15, -0.1) is 6.42 Å². The zero-order valence-corrected chi connectivity index (χ0v) is 10.5. The number of halogens is 1. The van der Waals surface area contributed by atoms with Gasteiger partial charge >= 0.3 is 0 Å². The van der Waals surface area contributed by atoms with Crippen LogP contribution in [0.4, 0.5) is 5.82 Å². The van der Waals surface area contributed by atoms with E-state index in [9.17, 15) is 0 Å². The number of aromatic nitrogens is 2. The topological polar surface area (TPSA) is 37.8 Å². The summed E-state index contributed by atoms with van der Waals surface area (Å²) in [5.74, 6) is 4.19. The normalized spacial score (nSPS) is 11.9. The van der Waals surface area contributed by atoms with E-state index < -0.39 is 0 Å². The maximum absolute atomic E-state index is 5.42. The second-order valence-electron chi connectivity index (χ2n) is 3.28.